The van der Waals surface area contributed by atoms with Crippen molar-refractivity contribution in [2.75, 3.05) is 31.7 Å². The van der Waals surface area contributed by atoms with Crippen LogP contribution in [0.1, 0.15) is 32.3 Å². The molecule has 0 aliphatic carbocycles. The van der Waals surface area contributed by atoms with E-state index < -0.39 is 0 Å². The molecule has 1 unspecified atom stereocenters. The van der Waals surface area contributed by atoms with Gasteiger partial charge in [0.1, 0.15) is 5.82 Å². The number of piperidine rings is 1. The fourth-order valence-corrected chi connectivity index (χ4v) is 2.98. The molecule has 21 heavy (non-hydrogen) atoms. The van der Waals surface area contributed by atoms with E-state index in [1.807, 2.05) is 12.1 Å². The zero-order valence-corrected chi connectivity index (χ0v) is 13.4. The lowest BCUT2D eigenvalue weighted by atomic mass is 9.97. The maximum atomic E-state index is 14.2. The van der Waals surface area contributed by atoms with Crippen molar-refractivity contribution < 1.29 is 9.13 Å². The second-order valence-electron chi connectivity index (χ2n) is 6.18. The highest BCUT2D eigenvalue weighted by molar-refractivity contribution is 5.54. The van der Waals surface area contributed by atoms with Crippen LogP contribution in [0.3, 0.4) is 0 Å². The van der Waals surface area contributed by atoms with Gasteiger partial charge in [0.05, 0.1) is 6.61 Å². The molecular weight excluding hydrogens is 267 g/mol. The summed E-state index contributed by atoms with van der Waals surface area (Å²) in [5.41, 5.74) is 1.81. The third kappa shape index (κ3) is 4.42. The number of nitrogens with one attached hydrogen (secondary N) is 1. The third-order valence-corrected chi connectivity index (χ3v) is 4.04. The average molecular weight is 294 g/mol. The molecular formula is C17H27FN2O. The van der Waals surface area contributed by atoms with Gasteiger partial charge in [-0.1, -0.05) is 19.9 Å². The van der Waals surface area contributed by atoms with Gasteiger partial charge in [0, 0.05) is 44.0 Å². The van der Waals surface area contributed by atoms with E-state index >= 15 is 0 Å². The summed E-state index contributed by atoms with van der Waals surface area (Å²) in [5, 5.41) is 3.33. The van der Waals surface area contributed by atoms with Gasteiger partial charge in [-0.3, -0.25) is 0 Å². The standard InChI is InChI=1S/C17H27FN2O/c1-13(2)19-10-15-16(18)7-4-8-17(15)20-9-5-6-14(11-20)12-21-3/h4,7-8,13-14,19H,5-6,9-12H2,1-3H3. The van der Waals surface area contributed by atoms with E-state index in [4.69, 9.17) is 4.74 Å². The summed E-state index contributed by atoms with van der Waals surface area (Å²) in [5.74, 6) is 0.424. The van der Waals surface area contributed by atoms with Crippen molar-refractivity contribution in [2.24, 2.45) is 5.92 Å². The molecule has 1 N–H and O–H groups in total. The highest BCUT2D eigenvalue weighted by atomic mass is 19.1. The van der Waals surface area contributed by atoms with Crippen LogP contribution in [-0.4, -0.2) is 32.8 Å². The Morgan fingerprint density at radius 3 is 2.95 bits per heavy atom. The molecule has 1 saturated heterocycles. The quantitative estimate of drug-likeness (QED) is 0.872. The number of ether oxygens (including phenoxy) is 1. The highest BCUT2D eigenvalue weighted by Gasteiger charge is 2.22. The Morgan fingerprint density at radius 2 is 2.24 bits per heavy atom. The Morgan fingerprint density at radius 1 is 1.43 bits per heavy atom. The SMILES string of the molecule is COCC1CCCN(c2cccc(F)c2CNC(C)C)C1. The van der Waals surface area contributed by atoms with Gasteiger partial charge in [-0.15, -0.1) is 0 Å². The summed E-state index contributed by atoms with van der Waals surface area (Å²) in [4.78, 5) is 2.31. The molecule has 2 rings (SSSR count). The Kier molecular flexibility index (Phi) is 6.00. The van der Waals surface area contributed by atoms with Crippen molar-refractivity contribution in [3.8, 4) is 0 Å². The first kappa shape index (κ1) is 16.2. The molecule has 0 bridgehead atoms. The van der Waals surface area contributed by atoms with Gasteiger partial charge in [-0.05, 0) is 30.9 Å². The minimum Gasteiger partial charge on any atom is -0.384 e. The first-order valence-electron chi connectivity index (χ1n) is 7.86. The number of benzene rings is 1. The summed E-state index contributed by atoms with van der Waals surface area (Å²) < 4.78 is 19.5. The van der Waals surface area contributed by atoms with Crippen molar-refractivity contribution in [3.05, 3.63) is 29.6 Å². The van der Waals surface area contributed by atoms with E-state index in [1.54, 1.807) is 13.2 Å². The molecule has 1 aliphatic rings. The molecule has 3 nitrogen and oxygen atoms in total. The van der Waals surface area contributed by atoms with Crippen molar-refractivity contribution in [2.45, 2.75) is 39.3 Å². The summed E-state index contributed by atoms with van der Waals surface area (Å²) >= 11 is 0. The van der Waals surface area contributed by atoms with Crippen LogP contribution >= 0.6 is 0 Å². The zero-order chi connectivity index (χ0) is 15.2. The van der Waals surface area contributed by atoms with Gasteiger partial charge in [-0.2, -0.15) is 0 Å². The Hall–Kier alpha value is -1.13. The Balaban J connectivity index is 2.15. The molecule has 1 heterocycles. The molecule has 1 atom stereocenters. The number of methoxy groups -OCH3 is 1. The molecule has 1 fully saturated rings. The first-order valence-corrected chi connectivity index (χ1v) is 7.86. The van der Waals surface area contributed by atoms with Crippen molar-refractivity contribution in [1.82, 2.24) is 5.32 Å². The molecule has 4 heteroatoms. The van der Waals surface area contributed by atoms with Gasteiger partial charge in [0.2, 0.25) is 0 Å². The lowest BCUT2D eigenvalue weighted by Crippen LogP contribution is -2.38. The van der Waals surface area contributed by atoms with E-state index in [-0.39, 0.29) is 5.82 Å². The van der Waals surface area contributed by atoms with E-state index in [0.717, 1.165) is 37.4 Å². The smallest absolute Gasteiger partial charge is 0.129 e. The molecule has 0 radical (unpaired) electrons. The monoisotopic (exact) mass is 294 g/mol. The second kappa shape index (κ2) is 7.76. The van der Waals surface area contributed by atoms with Crippen LogP contribution in [0.5, 0.6) is 0 Å². The maximum absolute atomic E-state index is 14.2. The molecule has 1 aromatic rings. The van der Waals surface area contributed by atoms with Gasteiger partial charge in [0.15, 0.2) is 0 Å². The Labute approximate surface area is 127 Å². The predicted molar refractivity (Wildman–Crippen MR) is 85.2 cm³/mol. The molecule has 1 aromatic carbocycles. The van der Waals surface area contributed by atoms with E-state index in [2.05, 4.69) is 24.1 Å². The minimum atomic E-state index is -0.116. The van der Waals surface area contributed by atoms with Crippen LogP contribution in [0.25, 0.3) is 0 Å². The van der Waals surface area contributed by atoms with Crippen LogP contribution in [0.15, 0.2) is 18.2 Å². The number of hydrogen-bond donors (Lipinski definition) is 1. The van der Waals surface area contributed by atoms with E-state index in [9.17, 15) is 4.39 Å². The van der Waals surface area contributed by atoms with Crippen LogP contribution in [0.2, 0.25) is 0 Å². The van der Waals surface area contributed by atoms with Crippen molar-refractivity contribution in [1.29, 1.82) is 0 Å². The molecule has 0 aromatic heterocycles. The average Bonchev–Trinajstić information content (AvgIpc) is 2.46. The van der Waals surface area contributed by atoms with Crippen LogP contribution < -0.4 is 10.2 Å². The number of anilines is 1. The van der Waals surface area contributed by atoms with Crippen LogP contribution in [-0.2, 0) is 11.3 Å². The topological polar surface area (TPSA) is 24.5 Å². The lowest BCUT2D eigenvalue weighted by molar-refractivity contribution is 0.143. The van der Waals surface area contributed by atoms with Gasteiger partial charge >= 0.3 is 0 Å². The van der Waals surface area contributed by atoms with Crippen LogP contribution in [0.4, 0.5) is 10.1 Å². The van der Waals surface area contributed by atoms with E-state index in [0.29, 0.717) is 18.5 Å². The summed E-state index contributed by atoms with van der Waals surface area (Å²) in [6, 6.07) is 5.75. The maximum Gasteiger partial charge on any atom is 0.129 e. The molecule has 1 aliphatic heterocycles. The number of halogens is 1. The highest BCUT2D eigenvalue weighted by Crippen LogP contribution is 2.28. The number of hydrogen-bond acceptors (Lipinski definition) is 3. The van der Waals surface area contributed by atoms with Gasteiger partial charge < -0.3 is 15.0 Å². The minimum absolute atomic E-state index is 0.116. The lowest BCUT2D eigenvalue weighted by Gasteiger charge is -2.35. The molecule has 0 spiro atoms. The largest absolute Gasteiger partial charge is 0.384 e. The first-order chi connectivity index (χ1) is 10.1. The van der Waals surface area contributed by atoms with E-state index in [1.165, 1.54) is 6.42 Å². The summed E-state index contributed by atoms with van der Waals surface area (Å²) in [6.07, 6.45) is 2.33. The molecule has 0 amide bonds. The fourth-order valence-electron chi connectivity index (χ4n) is 2.98. The summed E-state index contributed by atoms with van der Waals surface area (Å²) in [7, 11) is 1.75. The van der Waals surface area contributed by atoms with Crippen molar-refractivity contribution in [3.63, 3.8) is 0 Å². The van der Waals surface area contributed by atoms with Crippen molar-refractivity contribution >= 4 is 5.69 Å². The Bertz CT molecular complexity index is 448. The summed E-state index contributed by atoms with van der Waals surface area (Å²) in [6.45, 7) is 7.47. The third-order valence-electron chi connectivity index (χ3n) is 4.04. The fraction of sp³-hybridized carbons (Fsp3) is 0.647. The predicted octanol–water partition coefficient (Wildman–Crippen LogP) is 3.19. The zero-order valence-electron chi connectivity index (χ0n) is 13.4. The molecule has 118 valence electrons. The normalized spacial score (nSPS) is 19.3. The number of rotatable bonds is 6. The van der Waals surface area contributed by atoms with Crippen LogP contribution in [0, 0.1) is 11.7 Å². The second-order valence-corrected chi connectivity index (χ2v) is 6.18. The number of nitrogens with zero attached hydrogens (tertiary/aromatic N) is 1. The van der Waals surface area contributed by atoms with Gasteiger partial charge in [0.25, 0.3) is 0 Å². The molecule has 0 saturated carbocycles. The van der Waals surface area contributed by atoms with Gasteiger partial charge in [-0.25, -0.2) is 4.39 Å².